The first-order valence-corrected chi connectivity index (χ1v) is 6.94. The molecule has 1 aromatic heterocycles. The Hall–Kier alpha value is -1.40. The second-order valence-corrected chi connectivity index (χ2v) is 5.15. The van der Waals surface area contributed by atoms with Gasteiger partial charge in [-0.15, -0.1) is 0 Å². The molecule has 1 aromatic rings. The minimum Gasteiger partial charge on any atom is -0.373 e. The predicted molar refractivity (Wildman–Crippen MR) is 69.6 cm³/mol. The molecule has 0 saturated carbocycles. The fraction of sp³-hybridized carbons (Fsp3) is 0.692. The Morgan fingerprint density at radius 3 is 3.21 bits per heavy atom. The van der Waals surface area contributed by atoms with Gasteiger partial charge in [0.25, 0.3) is 0 Å². The molecule has 1 amide bonds. The summed E-state index contributed by atoms with van der Waals surface area (Å²) in [5.74, 6) is 0.228. The lowest BCUT2D eigenvalue weighted by atomic mass is 10.1. The number of rotatable bonds is 3. The Labute approximate surface area is 112 Å². The van der Waals surface area contributed by atoms with Crippen molar-refractivity contribution in [3.8, 4) is 0 Å². The summed E-state index contributed by atoms with van der Waals surface area (Å²) in [6, 6.07) is 1.91. The highest BCUT2D eigenvalue weighted by Gasteiger charge is 2.30. The van der Waals surface area contributed by atoms with Crippen LogP contribution in [0.1, 0.15) is 12.8 Å². The molecule has 6 heteroatoms. The average molecular weight is 264 g/mol. The Bertz CT molecular complexity index is 414. The SMILES string of the molecule is O=C([C@@H]1CCCN1)N1CCOC(Cn2cccn2)C1. The molecule has 2 aliphatic heterocycles. The van der Waals surface area contributed by atoms with Crippen LogP contribution in [0.3, 0.4) is 0 Å². The first-order chi connectivity index (χ1) is 9.33. The number of morpholine rings is 1. The Kier molecular flexibility index (Phi) is 3.79. The van der Waals surface area contributed by atoms with Crippen molar-refractivity contribution in [3.05, 3.63) is 18.5 Å². The lowest BCUT2D eigenvalue weighted by Gasteiger charge is -2.34. The van der Waals surface area contributed by atoms with Gasteiger partial charge in [-0.25, -0.2) is 0 Å². The van der Waals surface area contributed by atoms with E-state index in [-0.39, 0.29) is 18.1 Å². The number of amides is 1. The van der Waals surface area contributed by atoms with Gasteiger partial charge in [-0.1, -0.05) is 0 Å². The van der Waals surface area contributed by atoms with Gasteiger partial charge in [0.15, 0.2) is 0 Å². The molecule has 2 atom stereocenters. The van der Waals surface area contributed by atoms with Crippen LogP contribution in [0.15, 0.2) is 18.5 Å². The Morgan fingerprint density at radius 2 is 2.47 bits per heavy atom. The lowest BCUT2D eigenvalue weighted by Crippen LogP contribution is -2.52. The van der Waals surface area contributed by atoms with Crippen LogP contribution in [0.4, 0.5) is 0 Å². The van der Waals surface area contributed by atoms with E-state index in [1.54, 1.807) is 6.20 Å². The van der Waals surface area contributed by atoms with Gasteiger partial charge in [0.05, 0.1) is 25.3 Å². The molecule has 0 bridgehead atoms. The molecule has 1 unspecified atom stereocenters. The number of hydrogen-bond acceptors (Lipinski definition) is 4. The summed E-state index contributed by atoms with van der Waals surface area (Å²) >= 11 is 0. The van der Waals surface area contributed by atoms with Gasteiger partial charge < -0.3 is 15.0 Å². The summed E-state index contributed by atoms with van der Waals surface area (Å²) in [6.07, 6.45) is 5.77. The first-order valence-electron chi connectivity index (χ1n) is 6.94. The zero-order valence-corrected chi connectivity index (χ0v) is 11.0. The third-order valence-corrected chi connectivity index (χ3v) is 3.76. The minimum atomic E-state index is 0.0171. The quantitative estimate of drug-likeness (QED) is 0.826. The topological polar surface area (TPSA) is 59.4 Å². The maximum atomic E-state index is 12.3. The molecular formula is C13H20N4O2. The molecule has 2 aliphatic rings. The maximum absolute atomic E-state index is 12.3. The summed E-state index contributed by atoms with van der Waals surface area (Å²) in [6.45, 7) is 3.64. The summed E-state index contributed by atoms with van der Waals surface area (Å²) in [5, 5.41) is 7.44. The number of nitrogens with one attached hydrogen (secondary N) is 1. The highest BCUT2D eigenvalue weighted by Crippen LogP contribution is 2.13. The number of carbonyl (C=O) groups is 1. The first kappa shape index (κ1) is 12.6. The van der Waals surface area contributed by atoms with Gasteiger partial charge in [0.1, 0.15) is 0 Å². The Balaban J connectivity index is 1.56. The van der Waals surface area contributed by atoms with E-state index < -0.39 is 0 Å². The summed E-state index contributed by atoms with van der Waals surface area (Å²) in [7, 11) is 0. The normalized spacial score (nSPS) is 27.7. The highest BCUT2D eigenvalue weighted by atomic mass is 16.5. The monoisotopic (exact) mass is 264 g/mol. The van der Waals surface area contributed by atoms with Crippen LogP contribution < -0.4 is 5.32 Å². The molecule has 0 spiro atoms. The fourth-order valence-corrected chi connectivity index (χ4v) is 2.76. The van der Waals surface area contributed by atoms with Gasteiger partial charge >= 0.3 is 0 Å². The van der Waals surface area contributed by atoms with Gasteiger partial charge in [-0.2, -0.15) is 5.10 Å². The molecule has 2 fully saturated rings. The molecule has 3 rings (SSSR count). The van der Waals surface area contributed by atoms with Crippen LogP contribution in [0.25, 0.3) is 0 Å². The van der Waals surface area contributed by atoms with Crippen LogP contribution in [-0.2, 0) is 16.1 Å². The minimum absolute atomic E-state index is 0.0171. The molecule has 19 heavy (non-hydrogen) atoms. The van der Waals surface area contributed by atoms with Crippen LogP contribution in [0, 0.1) is 0 Å². The zero-order valence-electron chi connectivity index (χ0n) is 11.0. The smallest absolute Gasteiger partial charge is 0.239 e. The molecule has 0 aliphatic carbocycles. The average Bonchev–Trinajstić information content (AvgIpc) is 3.11. The second-order valence-electron chi connectivity index (χ2n) is 5.15. The number of aromatic nitrogens is 2. The van der Waals surface area contributed by atoms with Crippen molar-refractivity contribution in [3.63, 3.8) is 0 Å². The van der Waals surface area contributed by atoms with Crippen molar-refractivity contribution >= 4 is 5.91 Å². The molecule has 104 valence electrons. The number of hydrogen-bond donors (Lipinski definition) is 1. The third kappa shape index (κ3) is 2.96. The fourth-order valence-electron chi connectivity index (χ4n) is 2.76. The molecule has 6 nitrogen and oxygen atoms in total. The van der Waals surface area contributed by atoms with Crippen LogP contribution in [0.2, 0.25) is 0 Å². The third-order valence-electron chi connectivity index (χ3n) is 3.76. The Morgan fingerprint density at radius 1 is 1.53 bits per heavy atom. The summed E-state index contributed by atoms with van der Waals surface area (Å²) < 4.78 is 7.57. The van der Waals surface area contributed by atoms with Crippen LogP contribution in [0.5, 0.6) is 0 Å². The number of carbonyl (C=O) groups excluding carboxylic acids is 1. The van der Waals surface area contributed by atoms with Crippen molar-refractivity contribution in [2.24, 2.45) is 0 Å². The van der Waals surface area contributed by atoms with Crippen LogP contribution in [-0.4, -0.2) is 59.0 Å². The molecule has 2 saturated heterocycles. The van der Waals surface area contributed by atoms with E-state index in [0.29, 0.717) is 26.2 Å². The van der Waals surface area contributed by atoms with Crippen molar-refractivity contribution in [2.45, 2.75) is 31.5 Å². The molecule has 0 radical (unpaired) electrons. The van der Waals surface area contributed by atoms with Gasteiger partial charge in [-0.05, 0) is 25.5 Å². The molecular weight excluding hydrogens is 244 g/mol. The van der Waals surface area contributed by atoms with Gasteiger partial charge in [0.2, 0.25) is 5.91 Å². The summed E-state index contributed by atoms with van der Waals surface area (Å²) in [4.78, 5) is 14.3. The number of nitrogens with zero attached hydrogens (tertiary/aromatic N) is 3. The van der Waals surface area contributed by atoms with E-state index in [0.717, 1.165) is 19.4 Å². The van der Waals surface area contributed by atoms with E-state index >= 15 is 0 Å². The van der Waals surface area contributed by atoms with Crippen molar-refractivity contribution in [2.75, 3.05) is 26.2 Å². The largest absolute Gasteiger partial charge is 0.373 e. The van der Waals surface area contributed by atoms with E-state index in [1.165, 1.54) is 0 Å². The molecule has 0 aromatic carbocycles. The van der Waals surface area contributed by atoms with Gasteiger partial charge in [-0.3, -0.25) is 9.48 Å². The van der Waals surface area contributed by atoms with Crippen molar-refractivity contribution in [1.29, 1.82) is 0 Å². The summed E-state index contributed by atoms with van der Waals surface area (Å²) in [5.41, 5.74) is 0. The van der Waals surface area contributed by atoms with E-state index in [4.69, 9.17) is 4.74 Å². The van der Waals surface area contributed by atoms with Crippen molar-refractivity contribution in [1.82, 2.24) is 20.0 Å². The number of ether oxygens (including phenoxy) is 1. The lowest BCUT2D eigenvalue weighted by molar-refractivity contribution is -0.141. The predicted octanol–water partition coefficient (Wildman–Crippen LogP) is -0.137. The highest BCUT2D eigenvalue weighted by molar-refractivity contribution is 5.82. The van der Waals surface area contributed by atoms with E-state index in [9.17, 15) is 4.79 Å². The van der Waals surface area contributed by atoms with Gasteiger partial charge in [0, 0.05) is 25.5 Å². The molecule has 3 heterocycles. The van der Waals surface area contributed by atoms with Crippen LogP contribution >= 0.6 is 0 Å². The second kappa shape index (κ2) is 5.71. The zero-order chi connectivity index (χ0) is 13.1. The molecule has 1 N–H and O–H groups in total. The standard InChI is InChI=1S/C13H20N4O2/c18-13(12-3-1-4-14-12)16-7-8-19-11(9-16)10-17-6-2-5-15-17/h2,5-6,11-12,14H,1,3-4,7-10H2/t11?,12-/m0/s1. The maximum Gasteiger partial charge on any atom is 0.239 e. The van der Waals surface area contributed by atoms with Crippen molar-refractivity contribution < 1.29 is 9.53 Å². The van der Waals surface area contributed by atoms with E-state index in [2.05, 4.69) is 10.4 Å². The van der Waals surface area contributed by atoms with E-state index in [1.807, 2.05) is 21.8 Å².